The normalized spacial score (nSPS) is 10.0. The fraction of sp³-hybridized carbons (Fsp3) is 0.105. The molecule has 0 saturated carbocycles. The molecule has 0 fully saturated rings. The molecule has 0 atom stereocenters. The Hall–Kier alpha value is -2.28. The van der Waals surface area contributed by atoms with Crippen LogP contribution in [0.1, 0.15) is 11.1 Å². The van der Waals surface area contributed by atoms with Gasteiger partial charge in [-0.3, -0.25) is 4.98 Å². The molecule has 1 aromatic heterocycles. The van der Waals surface area contributed by atoms with Crippen molar-refractivity contribution in [2.45, 2.75) is 13.1 Å². The van der Waals surface area contributed by atoms with Gasteiger partial charge in [0.25, 0.3) is 0 Å². The Balaban J connectivity index is 0.000000363. The van der Waals surface area contributed by atoms with Crippen molar-refractivity contribution >= 4 is 17.3 Å². The molecule has 1 N–H and O–H groups in total. The third kappa shape index (κ3) is 8.17. The topological polar surface area (TPSA) is 63.0 Å². The first-order valence-corrected chi connectivity index (χ1v) is 8.69. The minimum absolute atomic E-state index is 0.0933. The van der Waals surface area contributed by atoms with Crippen LogP contribution >= 0.6 is 11.6 Å². The second-order valence-electron chi connectivity index (χ2n) is 5.23. The summed E-state index contributed by atoms with van der Waals surface area (Å²) in [6.45, 7) is 2.06. The predicted octanol–water partition coefficient (Wildman–Crippen LogP) is 6.90. The molecule has 0 aliphatic rings. The van der Waals surface area contributed by atoms with Crippen LogP contribution in [-0.2, 0) is 28.5 Å². The summed E-state index contributed by atoms with van der Waals surface area (Å²) in [4.78, 5) is 3.71. The van der Waals surface area contributed by atoms with Gasteiger partial charge in [-0.1, -0.05) is 30.7 Å². The second-order valence-corrected chi connectivity index (χ2v) is 5.66. The first kappa shape index (κ1) is 23.8. The molecule has 0 spiro atoms. The van der Waals surface area contributed by atoms with E-state index in [4.69, 9.17) is 25.6 Å². The van der Waals surface area contributed by atoms with E-state index in [1.807, 2.05) is 24.3 Å². The van der Waals surface area contributed by atoms with Crippen molar-refractivity contribution in [1.82, 2.24) is 4.98 Å². The quantitative estimate of drug-likeness (QED) is 0.365. The average Bonchev–Trinajstić information content (AvgIpc) is 2.65. The average molecular weight is 493 g/mol. The number of nitrogens with zero attached hydrogens (tertiary/aromatic N) is 1. The molecule has 0 aliphatic heterocycles. The molecule has 3 rings (SSSR count). The van der Waals surface area contributed by atoms with Crippen LogP contribution in [0, 0.1) is 13.0 Å². The van der Waals surface area contributed by atoms with Crippen molar-refractivity contribution < 1.29 is 40.3 Å². The van der Waals surface area contributed by atoms with Crippen molar-refractivity contribution in [3.8, 4) is 11.5 Å². The summed E-state index contributed by atoms with van der Waals surface area (Å²) in [5, 5.41) is 0.253. The molecule has 2 aromatic carbocycles. The number of hydrogen-bond donors (Lipinski definition) is 0. The van der Waals surface area contributed by atoms with Gasteiger partial charge in [0.05, 0.1) is 16.8 Å². The summed E-state index contributed by atoms with van der Waals surface area (Å²) in [5.74, 6) is -0.303. The Labute approximate surface area is 175 Å². The van der Waals surface area contributed by atoms with Crippen molar-refractivity contribution in [3.63, 3.8) is 0 Å². The van der Waals surface area contributed by atoms with Crippen LogP contribution in [0.3, 0.4) is 0 Å². The van der Waals surface area contributed by atoms with E-state index in [1.54, 1.807) is 0 Å². The number of benzene rings is 2. The van der Waals surface area contributed by atoms with Crippen LogP contribution in [0.2, 0.25) is 5.02 Å². The van der Waals surface area contributed by atoms with E-state index < -0.39 is 17.5 Å². The molecule has 0 radical (unpaired) electrons. The molecule has 28 heavy (non-hydrogen) atoms. The zero-order valence-corrected chi connectivity index (χ0v) is 17.0. The third-order valence-electron chi connectivity index (χ3n) is 3.08. The maximum atomic E-state index is 12.8. The molecule has 147 valence electrons. The predicted molar refractivity (Wildman–Crippen MR) is 95.4 cm³/mol. The summed E-state index contributed by atoms with van der Waals surface area (Å²) in [6, 6.07) is 15.2. The summed E-state index contributed by atoms with van der Waals surface area (Å²) in [5.41, 5.74) is 7.27. The van der Waals surface area contributed by atoms with E-state index in [2.05, 4.69) is 18.0 Å². The van der Waals surface area contributed by atoms with Gasteiger partial charge < -0.3 is 10.5 Å². The van der Waals surface area contributed by atoms with Crippen LogP contribution in [0.5, 0.6) is 11.5 Å². The van der Waals surface area contributed by atoms with Gasteiger partial charge in [-0.05, 0) is 6.07 Å². The van der Waals surface area contributed by atoms with E-state index in [0.717, 1.165) is 24.9 Å². The van der Waals surface area contributed by atoms with E-state index in [0.29, 0.717) is 6.07 Å². The van der Waals surface area contributed by atoms with Crippen molar-refractivity contribution in [1.29, 1.82) is 0 Å². The number of alkyl halides is 3. The van der Waals surface area contributed by atoms with Crippen LogP contribution in [0.15, 0.2) is 60.9 Å². The number of aryl methyl sites for hydroxylation is 1. The first-order chi connectivity index (χ1) is 13.3. The number of rotatable bonds is 2. The minimum atomic E-state index is -4.60. The molecular weight excluding hydrogens is 479 g/mol. The van der Waals surface area contributed by atoms with Gasteiger partial charge >= 0.3 is 28.5 Å². The van der Waals surface area contributed by atoms with Crippen molar-refractivity contribution in [2.24, 2.45) is 0 Å². The molecular formula is C19H14ClF3N2O2Tc. The number of halogens is 4. The molecule has 0 saturated heterocycles. The van der Waals surface area contributed by atoms with E-state index in [9.17, 15) is 13.2 Å². The molecule has 9 heteroatoms. The van der Waals surface area contributed by atoms with Gasteiger partial charge in [-0.15, -0.1) is 5.69 Å². The Kier molecular flexibility index (Phi) is 9.79. The van der Waals surface area contributed by atoms with E-state index in [-0.39, 0.29) is 16.5 Å². The number of nitrogens with one attached hydrogen (secondary N) is 1. The zero-order valence-electron chi connectivity index (χ0n) is 14.4. The molecule has 4 nitrogen and oxygen atoms in total. The summed E-state index contributed by atoms with van der Waals surface area (Å²) >= 11 is 6.57. The SMILES string of the molecule is Cc1cc[c-]cc1.[NH-]c1ccc(Oc2cncc(Cl)c2)c(C(F)(F)F)c1.[O]=[Tc+2]. The molecule has 0 unspecified atom stereocenters. The summed E-state index contributed by atoms with van der Waals surface area (Å²) in [6.07, 6.45) is -2.01. The fourth-order valence-electron chi connectivity index (χ4n) is 1.89. The number of ether oxygens (including phenoxy) is 1. The molecule has 0 aliphatic carbocycles. The standard InChI is InChI=1S/C12H7ClF3N2O.C7H7.O.Tc/c13-7-3-9(6-18-5-7)19-11-2-1-8(17)4-10(11)12(14,15)16;1-7-5-3-2-4-6-7;;/h1-6,17H;3-6H,1H3;;/q2*-1;;+2. The van der Waals surface area contributed by atoms with Crippen LogP contribution < -0.4 is 4.74 Å². The number of hydrogen-bond acceptors (Lipinski definition) is 3. The van der Waals surface area contributed by atoms with Gasteiger partial charge in [0.1, 0.15) is 11.5 Å². The van der Waals surface area contributed by atoms with Gasteiger partial charge in [0, 0.05) is 12.3 Å². The Morgan fingerprint density at radius 2 is 1.75 bits per heavy atom. The fourth-order valence-corrected chi connectivity index (χ4v) is 2.05. The molecule has 0 bridgehead atoms. The second kappa shape index (κ2) is 11.5. The zero-order chi connectivity index (χ0) is 21.2. The monoisotopic (exact) mass is 491 g/mol. The van der Waals surface area contributed by atoms with Crippen LogP contribution in [0.25, 0.3) is 5.73 Å². The van der Waals surface area contributed by atoms with Gasteiger partial charge in [0.15, 0.2) is 0 Å². The Morgan fingerprint density at radius 3 is 2.25 bits per heavy atom. The van der Waals surface area contributed by atoms with Gasteiger partial charge in [-0.25, -0.2) is 0 Å². The van der Waals surface area contributed by atoms with Crippen LogP contribution in [0.4, 0.5) is 18.9 Å². The summed E-state index contributed by atoms with van der Waals surface area (Å²) in [7, 11) is 0. The molecule has 3 aromatic rings. The van der Waals surface area contributed by atoms with E-state index in [1.165, 1.54) is 30.1 Å². The first-order valence-electron chi connectivity index (χ1n) is 7.55. The van der Waals surface area contributed by atoms with Crippen molar-refractivity contribution in [3.05, 3.63) is 88.9 Å². The Bertz CT molecular complexity index is 881. The number of aromatic nitrogens is 1. The number of pyridine rings is 1. The van der Waals surface area contributed by atoms with Gasteiger partial charge in [0.2, 0.25) is 0 Å². The maximum absolute atomic E-state index is 12.8. The van der Waals surface area contributed by atoms with E-state index >= 15 is 0 Å². The molecule has 0 amide bonds. The third-order valence-corrected chi connectivity index (χ3v) is 3.28. The van der Waals surface area contributed by atoms with Crippen molar-refractivity contribution in [2.75, 3.05) is 0 Å². The van der Waals surface area contributed by atoms with Gasteiger partial charge in [-0.2, -0.15) is 49.1 Å². The molecule has 1 heterocycles. The Morgan fingerprint density at radius 1 is 1.11 bits per heavy atom. The van der Waals surface area contributed by atoms with Crippen LogP contribution in [-0.4, -0.2) is 4.98 Å². The summed E-state index contributed by atoms with van der Waals surface area (Å²) < 4.78 is 51.8.